The smallest absolute Gasteiger partial charge is 0.204 e. The fourth-order valence-electron chi connectivity index (χ4n) is 4.07. The highest BCUT2D eigenvalue weighted by Gasteiger charge is 2.24. The quantitative estimate of drug-likeness (QED) is 0.399. The Labute approximate surface area is 188 Å². The Morgan fingerprint density at radius 3 is 2.09 bits per heavy atom. The number of aryl methyl sites for hydroxylation is 1. The van der Waals surface area contributed by atoms with E-state index in [0.29, 0.717) is 53.5 Å². The van der Waals surface area contributed by atoms with Gasteiger partial charge in [0, 0.05) is 23.3 Å². The number of rotatable bonds is 9. The maximum Gasteiger partial charge on any atom is 0.204 e. The number of methoxy groups -OCH3 is 1. The predicted octanol–water partition coefficient (Wildman–Crippen LogP) is 5.94. The molecule has 0 unspecified atom stereocenters. The Morgan fingerprint density at radius 2 is 1.53 bits per heavy atom. The van der Waals surface area contributed by atoms with E-state index < -0.39 is 0 Å². The minimum absolute atomic E-state index is 0.0796. The molecule has 0 aliphatic rings. The Balaban J connectivity index is 2.38. The van der Waals surface area contributed by atoms with Gasteiger partial charge in [0.25, 0.3) is 0 Å². The standard InChI is InChI=1S/C26H34O6/c1-7-31-19-13-21-23(24(28)16(19)10-8-14(2)3)25(29)22-17(11-9-15(4)5)26(30-6)18(27)12-20(22)32-21/h12-15,27-28H,7-11H2,1-6H3. The number of aromatic hydroxyl groups is 2. The number of hydrogen-bond donors (Lipinski definition) is 2. The summed E-state index contributed by atoms with van der Waals surface area (Å²) in [5, 5.41) is 22.2. The van der Waals surface area contributed by atoms with Crippen LogP contribution in [0.25, 0.3) is 21.9 Å². The molecule has 0 aliphatic heterocycles. The molecule has 3 aromatic rings. The highest BCUT2D eigenvalue weighted by atomic mass is 16.5. The first kappa shape index (κ1) is 23.8. The Bertz CT molecular complexity index is 1170. The normalized spacial score (nSPS) is 11.8. The van der Waals surface area contributed by atoms with Gasteiger partial charge in [-0.3, -0.25) is 4.79 Å². The summed E-state index contributed by atoms with van der Waals surface area (Å²) in [6.07, 6.45) is 2.78. The minimum atomic E-state index is -0.329. The highest BCUT2D eigenvalue weighted by Crippen LogP contribution is 2.41. The van der Waals surface area contributed by atoms with Crippen molar-refractivity contribution in [1.82, 2.24) is 0 Å². The van der Waals surface area contributed by atoms with Gasteiger partial charge < -0.3 is 24.1 Å². The third-order valence-electron chi connectivity index (χ3n) is 5.77. The maximum absolute atomic E-state index is 13.7. The maximum atomic E-state index is 13.7. The van der Waals surface area contributed by atoms with Crippen molar-refractivity contribution in [1.29, 1.82) is 0 Å². The molecule has 0 saturated carbocycles. The molecule has 0 spiro atoms. The molecule has 174 valence electrons. The fourth-order valence-corrected chi connectivity index (χ4v) is 4.07. The number of phenolic OH excluding ortho intramolecular Hbond substituents is 2. The van der Waals surface area contributed by atoms with Gasteiger partial charge >= 0.3 is 0 Å². The summed E-state index contributed by atoms with van der Waals surface area (Å²) >= 11 is 0. The second-order valence-corrected chi connectivity index (χ2v) is 9.08. The first-order valence-corrected chi connectivity index (χ1v) is 11.4. The summed E-state index contributed by atoms with van der Waals surface area (Å²) in [7, 11) is 1.47. The van der Waals surface area contributed by atoms with Crippen molar-refractivity contribution in [3.05, 3.63) is 33.5 Å². The molecule has 6 heteroatoms. The molecule has 3 rings (SSSR count). The van der Waals surface area contributed by atoms with Gasteiger partial charge in [-0.25, -0.2) is 0 Å². The van der Waals surface area contributed by atoms with Crippen LogP contribution >= 0.6 is 0 Å². The van der Waals surface area contributed by atoms with Crippen LogP contribution in [0.2, 0.25) is 0 Å². The molecule has 0 saturated heterocycles. The summed E-state index contributed by atoms with van der Waals surface area (Å²) in [5.41, 5.74) is 1.38. The fraction of sp³-hybridized carbons (Fsp3) is 0.500. The summed E-state index contributed by atoms with van der Waals surface area (Å²) in [4.78, 5) is 13.7. The van der Waals surface area contributed by atoms with Crippen LogP contribution in [0.4, 0.5) is 0 Å². The van der Waals surface area contributed by atoms with E-state index in [1.54, 1.807) is 6.07 Å². The van der Waals surface area contributed by atoms with Crippen molar-refractivity contribution < 1.29 is 24.1 Å². The second kappa shape index (κ2) is 9.72. The lowest BCUT2D eigenvalue weighted by molar-refractivity contribution is 0.332. The molecule has 0 bridgehead atoms. The molecule has 0 aliphatic carbocycles. The Morgan fingerprint density at radius 1 is 0.938 bits per heavy atom. The molecule has 0 atom stereocenters. The zero-order valence-corrected chi connectivity index (χ0v) is 19.9. The molecule has 2 aromatic carbocycles. The molecular formula is C26H34O6. The predicted molar refractivity (Wildman–Crippen MR) is 127 cm³/mol. The van der Waals surface area contributed by atoms with Crippen LogP contribution in [0.3, 0.4) is 0 Å². The molecule has 0 fully saturated rings. The largest absolute Gasteiger partial charge is 0.507 e. The van der Waals surface area contributed by atoms with E-state index >= 15 is 0 Å². The minimum Gasteiger partial charge on any atom is -0.507 e. The highest BCUT2D eigenvalue weighted by molar-refractivity contribution is 5.97. The SMILES string of the molecule is CCOc1cc2oc3cc(O)c(OC)c(CCC(C)C)c3c(=O)c2c(O)c1CCC(C)C. The number of ether oxygens (including phenoxy) is 2. The average Bonchev–Trinajstić information content (AvgIpc) is 2.71. The topological polar surface area (TPSA) is 89.1 Å². The van der Waals surface area contributed by atoms with Crippen LogP contribution in [0.5, 0.6) is 23.0 Å². The van der Waals surface area contributed by atoms with Crippen molar-refractivity contribution in [2.24, 2.45) is 11.8 Å². The number of benzene rings is 2. The van der Waals surface area contributed by atoms with E-state index in [4.69, 9.17) is 13.9 Å². The summed E-state index contributed by atoms with van der Waals surface area (Å²) in [5.74, 6) is 1.44. The zero-order valence-electron chi connectivity index (χ0n) is 19.9. The van der Waals surface area contributed by atoms with Crippen LogP contribution < -0.4 is 14.9 Å². The van der Waals surface area contributed by atoms with Crippen LogP contribution in [0.15, 0.2) is 21.3 Å². The first-order valence-electron chi connectivity index (χ1n) is 11.4. The van der Waals surface area contributed by atoms with Gasteiger partial charge in [-0.2, -0.15) is 0 Å². The monoisotopic (exact) mass is 442 g/mol. The van der Waals surface area contributed by atoms with E-state index in [2.05, 4.69) is 27.7 Å². The average molecular weight is 443 g/mol. The molecule has 2 N–H and O–H groups in total. The van der Waals surface area contributed by atoms with E-state index in [-0.39, 0.29) is 39.2 Å². The lowest BCUT2D eigenvalue weighted by Crippen LogP contribution is -2.10. The van der Waals surface area contributed by atoms with Crippen molar-refractivity contribution >= 4 is 21.9 Å². The van der Waals surface area contributed by atoms with E-state index in [9.17, 15) is 15.0 Å². The van der Waals surface area contributed by atoms with Crippen molar-refractivity contribution in [2.45, 2.75) is 60.3 Å². The van der Waals surface area contributed by atoms with Crippen molar-refractivity contribution in [2.75, 3.05) is 13.7 Å². The Hall–Kier alpha value is -2.89. The molecule has 0 amide bonds. The van der Waals surface area contributed by atoms with Crippen molar-refractivity contribution in [3.63, 3.8) is 0 Å². The first-order chi connectivity index (χ1) is 15.2. The number of fused-ring (bicyclic) bond motifs is 2. The van der Waals surface area contributed by atoms with Gasteiger partial charge in [0.05, 0.1) is 19.1 Å². The van der Waals surface area contributed by atoms with Crippen LogP contribution in [-0.4, -0.2) is 23.9 Å². The van der Waals surface area contributed by atoms with Crippen LogP contribution in [-0.2, 0) is 12.8 Å². The zero-order chi connectivity index (χ0) is 23.6. The van der Waals surface area contributed by atoms with Crippen LogP contribution in [0, 0.1) is 11.8 Å². The number of hydrogen-bond acceptors (Lipinski definition) is 6. The van der Waals surface area contributed by atoms with E-state index in [0.717, 1.165) is 12.8 Å². The van der Waals surface area contributed by atoms with E-state index in [1.165, 1.54) is 13.2 Å². The van der Waals surface area contributed by atoms with Gasteiger partial charge in [-0.05, 0) is 44.4 Å². The lowest BCUT2D eigenvalue weighted by Gasteiger charge is -2.17. The van der Waals surface area contributed by atoms with E-state index in [1.807, 2.05) is 6.92 Å². The third kappa shape index (κ3) is 4.50. The molecule has 32 heavy (non-hydrogen) atoms. The van der Waals surface area contributed by atoms with Gasteiger partial charge in [0.1, 0.15) is 28.1 Å². The lowest BCUT2D eigenvalue weighted by atomic mass is 9.95. The van der Waals surface area contributed by atoms with Crippen LogP contribution in [0.1, 0.15) is 58.6 Å². The van der Waals surface area contributed by atoms with Gasteiger partial charge in [-0.1, -0.05) is 27.7 Å². The Kier molecular flexibility index (Phi) is 7.22. The third-order valence-corrected chi connectivity index (χ3v) is 5.77. The molecule has 0 radical (unpaired) electrons. The van der Waals surface area contributed by atoms with Gasteiger partial charge in [0.15, 0.2) is 11.5 Å². The second-order valence-electron chi connectivity index (χ2n) is 9.08. The molecule has 6 nitrogen and oxygen atoms in total. The van der Waals surface area contributed by atoms with Gasteiger partial charge in [-0.15, -0.1) is 0 Å². The molecule has 1 heterocycles. The summed E-state index contributed by atoms with van der Waals surface area (Å²) in [6.45, 7) is 10.7. The molecule has 1 aromatic heterocycles. The van der Waals surface area contributed by atoms with Crippen molar-refractivity contribution in [3.8, 4) is 23.0 Å². The summed E-state index contributed by atoms with van der Waals surface area (Å²) in [6, 6.07) is 3.07. The van der Waals surface area contributed by atoms with Gasteiger partial charge in [0.2, 0.25) is 5.43 Å². The summed E-state index contributed by atoms with van der Waals surface area (Å²) < 4.78 is 17.3. The molecular weight excluding hydrogens is 408 g/mol. The number of phenols is 2.